The van der Waals surface area contributed by atoms with Crippen LogP contribution in [-0.4, -0.2) is 42.6 Å². The minimum Gasteiger partial charge on any atom is -0.496 e. The van der Waals surface area contributed by atoms with Gasteiger partial charge in [0.2, 0.25) is 5.91 Å². The second-order valence-electron chi connectivity index (χ2n) is 6.94. The van der Waals surface area contributed by atoms with Gasteiger partial charge in [-0.05, 0) is 25.0 Å². The number of carbonyl (C=O) groups is 1. The van der Waals surface area contributed by atoms with E-state index in [-0.39, 0.29) is 17.4 Å². The van der Waals surface area contributed by atoms with E-state index in [1.807, 2.05) is 34.5 Å². The minimum atomic E-state index is -0.145. The van der Waals surface area contributed by atoms with Crippen molar-refractivity contribution in [3.05, 3.63) is 34.7 Å². The van der Waals surface area contributed by atoms with Crippen LogP contribution < -0.4 is 4.74 Å². The number of ether oxygens (including phenoxy) is 2. The van der Waals surface area contributed by atoms with E-state index in [4.69, 9.17) is 14.5 Å². The van der Waals surface area contributed by atoms with Crippen molar-refractivity contribution in [2.75, 3.05) is 26.8 Å². The van der Waals surface area contributed by atoms with E-state index in [1.54, 1.807) is 18.4 Å². The molecule has 0 radical (unpaired) electrons. The van der Waals surface area contributed by atoms with Crippen LogP contribution >= 0.6 is 11.3 Å². The molecule has 1 atom stereocenters. The highest BCUT2D eigenvalue weighted by atomic mass is 32.1. The Morgan fingerprint density at radius 3 is 2.96 bits per heavy atom. The molecule has 0 spiro atoms. The van der Waals surface area contributed by atoms with E-state index in [0.717, 1.165) is 34.9 Å². The molecule has 0 bridgehead atoms. The van der Waals surface area contributed by atoms with Crippen molar-refractivity contribution in [2.24, 2.45) is 5.41 Å². The summed E-state index contributed by atoms with van der Waals surface area (Å²) in [5.41, 5.74) is 1.73. The van der Waals surface area contributed by atoms with Crippen molar-refractivity contribution in [3.63, 3.8) is 0 Å². The molecule has 2 fully saturated rings. The maximum absolute atomic E-state index is 12.6. The van der Waals surface area contributed by atoms with Gasteiger partial charge in [0, 0.05) is 22.9 Å². The molecule has 25 heavy (non-hydrogen) atoms. The van der Waals surface area contributed by atoms with Gasteiger partial charge in [0.1, 0.15) is 16.9 Å². The van der Waals surface area contributed by atoms with E-state index in [9.17, 15) is 4.79 Å². The SMILES string of the molecule is COc1ccccc1-c1csc([C@H]2CN(C(=O)C3(C)CC3)CCO2)n1. The largest absolute Gasteiger partial charge is 0.496 e. The predicted octanol–water partition coefficient (Wildman–Crippen LogP) is 3.52. The number of aromatic nitrogens is 1. The summed E-state index contributed by atoms with van der Waals surface area (Å²) < 4.78 is 11.3. The third-order valence-electron chi connectivity index (χ3n) is 5.05. The Labute approximate surface area is 151 Å². The molecule has 4 rings (SSSR count). The summed E-state index contributed by atoms with van der Waals surface area (Å²) in [4.78, 5) is 19.3. The van der Waals surface area contributed by atoms with Crippen molar-refractivity contribution >= 4 is 17.2 Å². The van der Waals surface area contributed by atoms with Crippen LogP contribution in [0.4, 0.5) is 0 Å². The Kier molecular flexibility index (Phi) is 4.25. The Balaban J connectivity index is 1.52. The van der Waals surface area contributed by atoms with Crippen LogP contribution in [0, 0.1) is 5.41 Å². The Bertz CT molecular complexity index is 784. The van der Waals surface area contributed by atoms with Gasteiger partial charge in [0.05, 0.1) is 26.0 Å². The van der Waals surface area contributed by atoms with Gasteiger partial charge in [-0.2, -0.15) is 0 Å². The topological polar surface area (TPSA) is 51.7 Å². The smallest absolute Gasteiger partial charge is 0.228 e. The molecule has 5 nitrogen and oxygen atoms in total. The summed E-state index contributed by atoms with van der Waals surface area (Å²) in [7, 11) is 1.66. The number of para-hydroxylation sites is 1. The molecule has 0 N–H and O–H groups in total. The average molecular weight is 358 g/mol. The Morgan fingerprint density at radius 1 is 1.40 bits per heavy atom. The van der Waals surface area contributed by atoms with Gasteiger partial charge in [-0.3, -0.25) is 4.79 Å². The second-order valence-corrected chi connectivity index (χ2v) is 7.83. The first kappa shape index (κ1) is 16.5. The average Bonchev–Trinajstić information content (AvgIpc) is 3.22. The van der Waals surface area contributed by atoms with Gasteiger partial charge in [-0.25, -0.2) is 4.98 Å². The zero-order chi connectivity index (χ0) is 17.4. The summed E-state index contributed by atoms with van der Waals surface area (Å²) >= 11 is 1.58. The maximum Gasteiger partial charge on any atom is 0.228 e. The fourth-order valence-electron chi connectivity index (χ4n) is 3.18. The first-order valence-electron chi connectivity index (χ1n) is 8.60. The molecule has 0 unspecified atom stereocenters. The monoisotopic (exact) mass is 358 g/mol. The molecule has 1 aromatic heterocycles. The van der Waals surface area contributed by atoms with Crippen LogP contribution in [0.25, 0.3) is 11.3 Å². The second kappa shape index (κ2) is 6.42. The standard InChI is InChI=1S/C19H22N2O3S/c1-19(7-8-19)18(22)21-9-10-24-16(11-21)17-20-14(12-25-17)13-5-3-4-6-15(13)23-2/h3-6,12,16H,7-11H2,1-2H3/t16-/m1/s1. The number of nitrogens with zero attached hydrogens (tertiary/aromatic N) is 2. The molecule has 1 aliphatic heterocycles. The van der Waals surface area contributed by atoms with Crippen LogP contribution in [-0.2, 0) is 9.53 Å². The first-order chi connectivity index (χ1) is 12.1. The van der Waals surface area contributed by atoms with Crippen molar-refractivity contribution in [1.29, 1.82) is 0 Å². The van der Waals surface area contributed by atoms with E-state index in [1.165, 1.54) is 0 Å². The molecule has 2 heterocycles. The molecule has 2 aliphatic rings. The normalized spacial score (nSPS) is 21.8. The molecule has 1 aromatic carbocycles. The fourth-order valence-corrected chi connectivity index (χ4v) is 4.04. The lowest BCUT2D eigenvalue weighted by Gasteiger charge is -2.33. The Hall–Kier alpha value is -1.92. The lowest BCUT2D eigenvalue weighted by molar-refractivity contribution is -0.144. The van der Waals surface area contributed by atoms with E-state index >= 15 is 0 Å². The summed E-state index contributed by atoms with van der Waals surface area (Å²) in [5.74, 6) is 1.07. The van der Waals surface area contributed by atoms with E-state index in [0.29, 0.717) is 19.7 Å². The third-order valence-corrected chi connectivity index (χ3v) is 5.99. The fraction of sp³-hybridized carbons (Fsp3) is 0.474. The number of benzene rings is 1. The molecule has 1 amide bonds. The third kappa shape index (κ3) is 3.16. The number of carbonyl (C=O) groups excluding carboxylic acids is 1. The summed E-state index contributed by atoms with van der Waals surface area (Å²) in [6, 6.07) is 7.86. The van der Waals surface area contributed by atoms with Crippen LogP contribution in [0.2, 0.25) is 0 Å². The number of rotatable bonds is 4. The first-order valence-corrected chi connectivity index (χ1v) is 9.48. The molecular weight excluding hydrogens is 336 g/mol. The van der Waals surface area contributed by atoms with Crippen LogP contribution in [0.3, 0.4) is 0 Å². The maximum atomic E-state index is 12.6. The van der Waals surface area contributed by atoms with Gasteiger partial charge in [0.15, 0.2) is 0 Å². The molecule has 132 valence electrons. The number of methoxy groups -OCH3 is 1. The quantitative estimate of drug-likeness (QED) is 0.839. The molecule has 1 aliphatic carbocycles. The molecule has 1 saturated heterocycles. The lowest BCUT2D eigenvalue weighted by Crippen LogP contribution is -2.45. The van der Waals surface area contributed by atoms with Gasteiger partial charge >= 0.3 is 0 Å². The highest BCUT2D eigenvalue weighted by Gasteiger charge is 2.48. The van der Waals surface area contributed by atoms with Crippen LogP contribution in [0.15, 0.2) is 29.6 Å². The Morgan fingerprint density at radius 2 is 2.20 bits per heavy atom. The van der Waals surface area contributed by atoms with Gasteiger partial charge in [0.25, 0.3) is 0 Å². The summed E-state index contributed by atoms with van der Waals surface area (Å²) in [6.45, 7) is 3.89. The molecule has 6 heteroatoms. The molecule has 1 saturated carbocycles. The number of hydrogen-bond acceptors (Lipinski definition) is 5. The van der Waals surface area contributed by atoms with Gasteiger partial charge in [-0.15, -0.1) is 11.3 Å². The highest BCUT2D eigenvalue weighted by molar-refractivity contribution is 7.10. The number of hydrogen-bond donors (Lipinski definition) is 0. The van der Waals surface area contributed by atoms with E-state index in [2.05, 4.69) is 6.92 Å². The highest BCUT2D eigenvalue weighted by Crippen LogP contribution is 2.47. The van der Waals surface area contributed by atoms with Crippen molar-refractivity contribution in [1.82, 2.24) is 9.88 Å². The van der Waals surface area contributed by atoms with E-state index < -0.39 is 0 Å². The summed E-state index contributed by atoms with van der Waals surface area (Å²) in [6.07, 6.45) is 1.86. The van der Waals surface area contributed by atoms with Gasteiger partial charge < -0.3 is 14.4 Å². The number of thiazole rings is 1. The zero-order valence-corrected chi connectivity index (χ0v) is 15.3. The van der Waals surface area contributed by atoms with Crippen LogP contribution in [0.1, 0.15) is 30.9 Å². The molecular formula is C19H22N2O3S. The predicted molar refractivity (Wildman–Crippen MR) is 96.7 cm³/mol. The van der Waals surface area contributed by atoms with Crippen molar-refractivity contribution < 1.29 is 14.3 Å². The van der Waals surface area contributed by atoms with Gasteiger partial charge in [-0.1, -0.05) is 19.1 Å². The lowest BCUT2D eigenvalue weighted by atomic mass is 10.1. The van der Waals surface area contributed by atoms with Crippen molar-refractivity contribution in [3.8, 4) is 17.0 Å². The zero-order valence-electron chi connectivity index (χ0n) is 14.5. The van der Waals surface area contributed by atoms with Crippen molar-refractivity contribution in [2.45, 2.75) is 25.9 Å². The summed E-state index contributed by atoms with van der Waals surface area (Å²) in [5, 5.41) is 2.94. The number of morpholine rings is 1. The molecule has 2 aromatic rings. The minimum absolute atomic E-state index is 0.132. The van der Waals surface area contributed by atoms with Crippen LogP contribution in [0.5, 0.6) is 5.75 Å². The number of amides is 1.